The molecule has 0 radical (unpaired) electrons. The molecule has 0 aliphatic heterocycles. The van der Waals surface area contributed by atoms with Crippen LogP contribution in [-0.2, 0) is 22.4 Å². The lowest BCUT2D eigenvalue weighted by molar-refractivity contribution is -0.139. The smallest absolute Gasteiger partial charge is 0.328 e. The van der Waals surface area contributed by atoms with Crippen LogP contribution in [0.25, 0.3) is 0 Å². The molecule has 2 unspecified atom stereocenters. The summed E-state index contributed by atoms with van der Waals surface area (Å²) in [6.45, 7) is -0.401. The molecule has 1 aliphatic carbocycles. The fourth-order valence-corrected chi connectivity index (χ4v) is 4.97. The Bertz CT molecular complexity index is 1470. The van der Waals surface area contributed by atoms with Gasteiger partial charge in [-0.05, 0) is 53.8 Å². The van der Waals surface area contributed by atoms with Crippen molar-refractivity contribution in [2.24, 2.45) is 0 Å². The number of nitrogens with zero attached hydrogens (tertiary/aromatic N) is 1. The minimum Gasteiger partial charge on any atom is -0.480 e. The molecule has 2 aromatic carbocycles. The molecule has 1 aromatic heterocycles. The van der Waals surface area contributed by atoms with E-state index in [0.29, 0.717) is 5.56 Å². The largest absolute Gasteiger partial charge is 0.480 e. The van der Waals surface area contributed by atoms with E-state index in [1.54, 1.807) is 12.1 Å². The Morgan fingerprint density at radius 3 is 2.62 bits per heavy atom. The predicted molar refractivity (Wildman–Crippen MR) is 150 cm³/mol. The van der Waals surface area contributed by atoms with Crippen LogP contribution in [-0.4, -0.2) is 46.5 Å². The number of carbonyl (C=O) groups excluding carboxylic acids is 3. The molecule has 13 heteroatoms. The van der Waals surface area contributed by atoms with Gasteiger partial charge in [-0.15, -0.1) is 0 Å². The van der Waals surface area contributed by atoms with E-state index < -0.39 is 36.4 Å². The number of aromatic nitrogens is 1. The van der Waals surface area contributed by atoms with Crippen molar-refractivity contribution < 1.29 is 24.3 Å². The number of hydrogen-bond donors (Lipinski definition) is 6. The third-order valence-electron chi connectivity index (χ3n) is 6.31. The second-order valence-corrected chi connectivity index (χ2v) is 9.89. The summed E-state index contributed by atoms with van der Waals surface area (Å²) in [6, 6.07) is 11.5. The van der Waals surface area contributed by atoms with Crippen LogP contribution in [0.2, 0.25) is 10.0 Å². The summed E-state index contributed by atoms with van der Waals surface area (Å²) in [5.74, 6) is -2.46. The van der Waals surface area contributed by atoms with Crippen LogP contribution in [0.4, 0.5) is 16.3 Å². The molecule has 1 heterocycles. The van der Waals surface area contributed by atoms with E-state index in [4.69, 9.17) is 28.9 Å². The summed E-state index contributed by atoms with van der Waals surface area (Å²) in [4.78, 5) is 53.7. The molecule has 0 saturated carbocycles. The Morgan fingerprint density at radius 2 is 1.88 bits per heavy atom. The lowest BCUT2D eigenvalue weighted by Crippen LogP contribution is -2.50. The summed E-state index contributed by atoms with van der Waals surface area (Å²) < 4.78 is 0. The SMILES string of the molecule is Nc1cc(CC(=O)Nc2ccc(Cl)c(C(=O)NC(CNC(=O)NC3CCc4ccccc43)C(=O)O)c2Cl)ccn1. The highest BCUT2D eigenvalue weighted by Gasteiger charge is 2.27. The van der Waals surface area contributed by atoms with Gasteiger partial charge in [0.25, 0.3) is 5.91 Å². The number of anilines is 2. The highest BCUT2D eigenvalue weighted by atomic mass is 35.5. The van der Waals surface area contributed by atoms with Crippen LogP contribution in [0.3, 0.4) is 0 Å². The maximum atomic E-state index is 13.0. The fourth-order valence-electron chi connectivity index (χ4n) is 4.38. The topological polar surface area (TPSA) is 176 Å². The minimum absolute atomic E-state index is 0.0333. The van der Waals surface area contributed by atoms with Crippen molar-refractivity contribution in [1.29, 1.82) is 0 Å². The van der Waals surface area contributed by atoms with Crippen LogP contribution in [0, 0.1) is 0 Å². The van der Waals surface area contributed by atoms with Crippen molar-refractivity contribution in [3.8, 4) is 0 Å². The molecule has 4 amide bonds. The number of nitrogens with two attached hydrogens (primary N) is 1. The van der Waals surface area contributed by atoms with E-state index in [-0.39, 0.29) is 39.6 Å². The van der Waals surface area contributed by atoms with Gasteiger partial charge in [0, 0.05) is 6.20 Å². The normalized spacial score (nSPS) is 14.5. The molecule has 0 saturated heterocycles. The van der Waals surface area contributed by atoms with Crippen molar-refractivity contribution in [3.05, 3.63) is 87.0 Å². The molecular formula is C27H26Cl2N6O5. The number of nitrogen functional groups attached to an aromatic ring is 1. The number of rotatable bonds is 9. The molecule has 1 aliphatic rings. The van der Waals surface area contributed by atoms with Crippen LogP contribution in [0.15, 0.2) is 54.7 Å². The number of nitrogens with one attached hydrogen (secondary N) is 4. The zero-order valence-electron chi connectivity index (χ0n) is 21.0. The van der Waals surface area contributed by atoms with Gasteiger partial charge >= 0.3 is 12.0 Å². The zero-order valence-corrected chi connectivity index (χ0v) is 22.6. The summed E-state index contributed by atoms with van der Waals surface area (Å²) in [5, 5.41) is 19.7. The lowest BCUT2D eigenvalue weighted by Gasteiger charge is -2.19. The van der Waals surface area contributed by atoms with Crippen LogP contribution in [0.5, 0.6) is 0 Å². The van der Waals surface area contributed by atoms with Crippen LogP contribution >= 0.6 is 23.2 Å². The minimum atomic E-state index is -1.49. The average Bonchev–Trinajstić information content (AvgIpc) is 3.30. The summed E-state index contributed by atoms with van der Waals surface area (Å²) in [6.07, 6.45) is 3.00. The summed E-state index contributed by atoms with van der Waals surface area (Å²) in [5.41, 5.74) is 8.30. The number of pyridine rings is 1. The van der Waals surface area contributed by atoms with Gasteiger partial charge in [0.1, 0.15) is 11.9 Å². The number of carboxylic acids is 1. The van der Waals surface area contributed by atoms with Gasteiger partial charge in [0.2, 0.25) is 5.91 Å². The Morgan fingerprint density at radius 1 is 1.10 bits per heavy atom. The molecule has 208 valence electrons. The first-order valence-electron chi connectivity index (χ1n) is 12.3. The van der Waals surface area contributed by atoms with E-state index in [0.717, 1.165) is 24.0 Å². The number of fused-ring (bicyclic) bond motifs is 1. The molecule has 2 atom stereocenters. The van der Waals surface area contributed by atoms with Gasteiger partial charge in [-0.3, -0.25) is 9.59 Å². The monoisotopic (exact) mass is 584 g/mol. The summed E-state index contributed by atoms with van der Waals surface area (Å²) >= 11 is 12.6. The molecule has 4 rings (SSSR count). The van der Waals surface area contributed by atoms with E-state index in [9.17, 15) is 24.3 Å². The van der Waals surface area contributed by atoms with Gasteiger partial charge in [-0.2, -0.15) is 0 Å². The molecule has 7 N–H and O–H groups in total. The quantitative estimate of drug-likeness (QED) is 0.223. The molecule has 0 fully saturated rings. The number of aliphatic carboxylic acids is 1. The first-order valence-corrected chi connectivity index (χ1v) is 13.0. The highest BCUT2D eigenvalue weighted by Crippen LogP contribution is 2.32. The number of benzene rings is 2. The second kappa shape index (κ2) is 12.7. The van der Waals surface area contributed by atoms with Gasteiger partial charge in [-0.1, -0.05) is 47.5 Å². The number of halogens is 2. The lowest BCUT2D eigenvalue weighted by atomic mass is 10.1. The van der Waals surface area contributed by atoms with Crippen LogP contribution in [0.1, 0.15) is 39.5 Å². The fraction of sp³-hybridized carbons (Fsp3) is 0.222. The standard InChI is InChI=1S/C27H26Cl2N6O5/c28-17-6-8-19(33-22(36)12-14-9-10-31-21(30)11-14)24(29)23(17)25(37)34-20(26(38)39)13-32-27(40)35-18-7-5-15-3-1-2-4-16(15)18/h1-4,6,8-11,18,20H,5,7,12-13H2,(H2,30,31)(H,33,36)(H,34,37)(H,38,39)(H2,32,35,40). The number of aryl methyl sites for hydroxylation is 1. The molecule has 40 heavy (non-hydrogen) atoms. The maximum absolute atomic E-state index is 13.0. The third-order valence-corrected chi connectivity index (χ3v) is 7.02. The zero-order chi connectivity index (χ0) is 28.8. The van der Waals surface area contributed by atoms with Gasteiger partial charge in [0.05, 0.1) is 40.3 Å². The number of carbonyl (C=O) groups is 4. The van der Waals surface area contributed by atoms with Gasteiger partial charge in [0.15, 0.2) is 0 Å². The van der Waals surface area contributed by atoms with E-state index >= 15 is 0 Å². The van der Waals surface area contributed by atoms with E-state index in [1.165, 1.54) is 18.3 Å². The summed E-state index contributed by atoms with van der Waals surface area (Å²) in [7, 11) is 0. The third kappa shape index (κ3) is 6.99. The van der Waals surface area contributed by atoms with Crippen molar-refractivity contribution in [3.63, 3.8) is 0 Å². The Hall–Kier alpha value is -4.35. The Balaban J connectivity index is 1.38. The molecular weight excluding hydrogens is 559 g/mol. The van der Waals surface area contributed by atoms with Gasteiger partial charge < -0.3 is 32.1 Å². The van der Waals surface area contributed by atoms with Crippen molar-refractivity contribution in [2.75, 3.05) is 17.6 Å². The number of carboxylic acid groups (broad SMARTS) is 1. The Kier molecular flexibility index (Phi) is 9.08. The number of amides is 4. The molecule has 0 spiro atoms. The average molecular weight is 585 g/mol. The highest BCUT2D eigenvalue weighted by molar-refractivity contribution is 6.41. The van der Waals surface area contributed by atoms with E-state index in [2.05, 4.69) is 26.3 Å². The van der Waals surface area contributed by atoms with Crippen LogP contribution < -0.4 is 27.0 Å². The first-order chi connectivity index (χ1) is 19.1. The van der Waals surface area contributed by atoms with Gasteiger partial charge in [-0.25, -0.2) is 14.6 Å². The van der Waals surface area contributed by atoms with Crippen molar-refractivity contribution in [2.45, 2.75) is 31.3 Å². The van der Waals surface area contributed by atoms with Crippen molar-refractivity contribution >= 4 is 58.5 Å². The molecule has 0 bridgehead atoms. The van der Waals surface area contributed by atoms with E-state index in [1.807, 2.05) is 24.3 Å². The maximum Gasteiger partial charge on any atom is 0.328 e. The number of hydrogen-bond acceptors (Lipinski definition) is 6. The first kappa shape index (κ1) is 28.7. The molecule has 3 aromatic rings. The molecule has 11 nitrogen and oxygen atoms in total. The number of urea groups is 1. The predicted octanol–water partition coefficient (Wildman–Crippen LogP) is 3.32. The second-order valence-electron chi connectivity index (χ2n) is 9.11. The Labute approximate surface area is 239 Å². The van der Waals surface area contributed by atoms with Crippen molar-refractivity contribution in [1.82, 2.24) is 20.9 Å².